The van der Waals surface area contributed by atoms with Crippen molar-refractivity contribution in [3.05, 3.63) is 42.4 Å². The number of benzene rings is 1. The van der Waals surface area contributed by atoms with E-state index in [0.29, 0.717) is 6.54 Å². The van der Waals surface area contributed by atoms with Crippen molar-refractivity contribution in [3.8, 4) is 11.3 Å². The van der Waals surface area contributed by atoms with Gasteiger partial charge in [-0.1, -0.05) is 44.2 Å². The van der Waals surface area contributed by atoms with E-state index in [4.69, 9.17) is 5.73 Å². The topological polar surface area (TPSA) is 54.7 Å². The Morgan fingerprint density at radius 3 is 2.56 bits per heavy atom. The number of nitrogens with two attached hydrogens (primary N) is 1. The summed E-state index contributed by atoms with van der Waals surface area (Å²) in [6.45, 7) is 4.75. The largest absolute Gasteiger partial charge is 0.342 e. The number of nitrogens with zero attached hydrogens (tertiary/aromatic N) is 1. The van der Waals surface area contributed by atoms with E-state index in [1.165, 1.54) is 0 Å². The van der Waals surface area contributed by atoms with Gasteiger partial charge in [0.25, 0.3) is 0 Å². The fourth-order valence-electron chi connectivity index (χ4n) is 1.53. The Morgan fingerprint density at radius 2 is 1.94 bits per heavy atom. The number of aromatic nitrogens is 2. The number of aromatic amines is 1. The summed E-state index contributed by atoms with van der Waals surface area (Å²) >= 11 is 0. The maximum absolute atomic E-state index is 5.73. The molecule has 0 atom stereocenters. The van der Waals surface area contributed by atoms with E-state index in [1.807, 2.05) is 24.4 Å². The standard InChI is InChI=1S/C13H17N3/c1-13(2,9-14)12-15-8-11(16-12)10-6-4-3-5-7-10/h3-8H,9,14H2,1-2H3,(H,15,16). The van der Waals surface area contributed by atoms with E-state index in [0.717, 1.165) is 17.1 Å². The molecule has 2 rings (SSSR count). The lowest BCUT2D eigenvalue weighted by Gasteiger charge is -2.18. The lowest BCUT2D eigenvalue weighted by molar-refractivity contribution is 0.508. The molecule has 16 heavy (non-hydrogen) atoms. The molecule has 1 heterocycles. The first-order valence-corrected chi connectivity index (χ1v) is 5.44. The molecule has 3 nitrogen and oxygen atoms in total. The van der Waals surface area contributed by atoms with Crippen LogP contribution in [0.5, 0.6) is 0 Å². The maximum Gasteiger partial charge on any atom is 0.113 e. The third-order valence-corrected chi connectivity index (χ3v) is 2.81. The molecule has 3 N–H and O–H groups in total. The Balaban J connectivity index is 2.34. The first kappa shape index (κ1) is 10.9. The first-order chi connectivity index (χ1) is 7.63. The number of rotatable bonds is 3. The molecule has 1 aromatic carbocycles. The molecule has 1 aromatic heterocycles. The molecule has 0 saturated heterocycles. The highest BCUT2D eigenvalue weighted by Gasteiger charge is 2.22. The molecule has 3 heteroatoms. The van der Waals surface area contributed by atoms with Gasteiger partial charge in [0.05, 0.1) is 11.9 Å². The van der Waals surface area contributed by atoms with Crippen molar-refractivity contribution >= 4 is 0 Å². The van der Waals surface area contributed by atoms with Crippen LogP contribution in [0.3, 0.4) is 0 Å². The lowest BCUT2D eigenvalue weighted by Crippen LogP contribution is -2.29. The van der Waals surface area contributed by atoms with Crippen molar-refractivity contribution in [2.24, 2.45) is 5.73 Å². The van der Waals surface area contributed by atoms with Crippen molar-refractivity contribution in [2.75, 3.05) is 6.54 Å². The van der Waals surface area contributed by atoms with Crippen LogP contribution in [0.15, 0.2) is 36.5 Å². The Bertz CT molecular complexity index is 457. The van der Waals surface area contributed by atoms with Gasteiger partial charge in [-0.05, 0) is 5.56 Å². The van der Waals surface area contributed by atoms with Gasteiger partial charge in [-0.15, -0.1) is 0 Å². The molecule has 0 bridgehead atoms. The van der Waals surface area contributed by atoms with E-state index in [9.17, 15) is 0 Å². The fourth-order valence-corrected chi connectivity index (χ4v) is 1.53. The minimum absolute atomic E-state index is 0.104. The van der Waals surface area contributed by atoms with Crippen molar-refractivity contribution < 1.29 is 0 Å². The SMILES string of the molecule is CC(C)(CN)c1ncc(-c2ccccc2)[nH]1. The van der Waals surface area contributed by atoms with E-state index < -0.39 is 0 Å². The van der Waals surface area contributed by atoms with Crippen LogP contribution in [0.2, 0.25) is 0 Å². The Hall–Kier alpha value is -1.61. The zero-order valence-corrected chi connectivity index (χ0v) is 9.70. The molecule has 0 radical (unpaired) electrons. The molecule has 2 aromatic rings. The van der Waals surface area contributed by atoms with Crippen LogP contribution >= 0.6 is 0 Å². The molecule has 0 unspecified atom stereocenters. The highest BCUT2D eigenvalue weighted by molar-refractivity contribution is 5.58. The summed E-state index contributed by atoms with van der Waals surface area (Å²) in [5, 5.41) is 0. The summed E-state index contributed by atoms with van der Waals surface area (Å²) in [5.74, 6) is 0.939. The maximum atomic E-state index is 5.73. The fraction of sp³-hybridized carbons (Fsp3) is 0.308. The van der Waals surface area contributed by atoms with Gasteiger partial charge in [-0.3, -0.25) is 0 Å². The van der Waals surface area contributed by atoms with E-state index in [-0.39, 0.29) is 5.41 Å². The molecule has 0 aliphatic carbocycles. The first-order valence-electron chi connectivity index (χ1n) is 5.44. The van der Waals surface area contributed by atoms with Crippen LogP contribution < -0.4 is 5.73 Å². The minimum Gasteiger partial charge on any atom is -0.342 e. The molecule has 0 fully saturated rings. The minimum atomic E-state index is -0.104. The predicted molar refractivity (Wildman–Crippen MR) is 66.1 cm³/mol. The number of nitrogens with one attached hydrogen (secondary N) is 1. The van der Waals surface area contributed by atoms with Crippen molar-refractivity contribution in [2.45, 2.75) is 19.3 Å². The van der Waals surface area contributed by atoms with Gasteiger partial charge in [-0.25, -0.2) is 4.98 Å². The van der Waals surface area contributed by atoms with Gasteiger partial charge in [-0.2, -0.15) is 0 Å². The second-order valence-electron chi connectivity index (χ2n) is 4.60. The van der Waals surface area contributed by atoms with Gasteiger partial charge in [0.1, 0.15) is 5.82 Å². The Labute approximate surface area is 95.7 Å². The summed E-state index contributed by atoms with van der Waals surface area (Å²) in [5.41, 5.74) is 7.81. The van der Waals surface area contributed by atoms with Gasteiger partial charge >= 0.3 is 0 Å². The Kier molecular flexibility index (Phi) is 2.79. The molecule has 84 valence electrons. The van der Waals surface area contributed by atoms with Crippen LogP contribution in [-0.2, 0) is 5.41 Å². The second-order valence-corrected chi connectivity index (χ2v) is 4.60. The van der Waals surface area contributed by atoms with Gasteiger partial charge in [0.2, 0.25) is 0 Å². The summed E-state index contributed by atoms with van der Waals surface area (Å²) in [4.78, 5) is 7.73. The van der Waals surface area contributed by atoms with Crippen LogP contribution in [0.4, 0.5) is 0 Å². The summed E-state index contributed by atoms with van der Waals surface area (Å²) in [6, 6.07) is 10.2. The summed E-state index contributed by atoms with van der Waals surface area (Å²) in [6.07, 6.45) is 1.86. The quantitative estimate of drug-likeness (QED) is 0.825. The van der Waals surface area contributed by atoms with Crippen molar-refractivity contribution in [1.29, 1.82) is 0 Å². The molecule has 0 aliphatic rings. The normalized spacial score (nSPS) is 11.7. The molecular weight excluding hydrogens is 198 g/mol. The zero-order valence-electron chi connectivity index (χ0n) is 9.70. The molecule has 0 amide bonds. The molecule has 0 aliphatic heterocycles. The average Bonchev–Trinajstić information content (AvgIpc) is 2.80. The van der Waals surface area contributed by atoms with Gasteiger partial charge in [0.15, 0.2) is 0 Å². The molecular formula is C13H17N3. The monoisotopic (exact) mass is 215 g/mol. The van der Waals surface area contributed by atoms with Crippen LogP contribution in [0, 0.1) is 0 Å². The number of H-pyrrole nitrogens is 1. The van der Waals surface area contributed by atoms with Crippen molar-refractivity contribution in [3.63, 3.8) is 0 Å². The van der Waals surface area contributed by atoms with Crippen LogP contribution in [0.1, 0.15) is 19.7 Å². The Morgan fingerprint density at radius 1 is 1.25 bits per heavy atom. The molecule has 0 spiro atoms. The highest BCUT2D eigenvalue weighted by Crippen LogP contribution is 2.22. The number of imidazole rings is 1. The predicted octanol–water partition coefficient (Wildman–Crippen LogP) is 2.31. The van der Waals surface area contributed by atoms with Gasteiger partial charge < -0.3 is 10.7 Å². The smallest absolute Gasteiger partial charge is 0.113 e. The van der Waals surface area contributed by atoms with Crippen LogP contribution in [-0.4, -0.2) is 16.5 Å². The van der Waals surface area contributed by atoms with E-state index in [2.05, 4.69) is 35.9 Å². The van der Waals surface area contributed by atoms with Crippen LogP contribution in [0.25, 0.3) is 11.3 Å². The number of hydrogen-bond acceptors (Lipinski definition) is 2. The summed E-state index contributed by atoms with van der Waals surface area (Å²) < 4.78 is 0. The average molecular weight is 215 g/mol. The van der Waals surface area contributed by atoms with E-state index >= 15 is 0 Å². The third-order valence-electron chi connectivity index (χ3n) is 2.81. The third kappa shape index (κ3) is 1.99. The number of hydrogen-bond donors (Lipinski definition) is 2. The van der Waals surface area contributed by atoms with Gasteiger partial charge in [0, 0.05) is 12.0 Å². The summed E-state index contributed by atoms with van der Waals surface area (Å²) in [7, 11) is 0. The highest BCUT2D eigenvalue weighted by atomic mass is 14.9. The second kappa shape index (κ2) is 4.10. The van der Waals surface area contributed by atoms with E-state index in [1.54, 1.807) is 0 Å². The van der Waals surface area contributed by atoms with Crippen molar-refractivity contribution in [1.82, 2.24) is 9.97 Å². The molecule has 0 saturated carbocycles. The zero-order chi connectivity index (χ0) is 11.6. The lowest BCUT2D eigenvalue weighted by atomic mass is 9.93.